The van der Waals surface area contributed by atoms with Gasteiger partial charge in [-0.05, 0) is 37.0 Å². The first kappa shape index (κ1) is 13.5. The number of alkyl halides is 3. The number of rotatable bonds is 3. The second kappa shape index (κ2) is 5.39. The number of nitrogens with one attached hydrogen (secondary N) is 1. The summed E-state index contributed by atoms with van der Waals surface area (Å²) in [5.74, 6) is 0.488. The first-order valence-electron chi connectivity index (χ1n) is 6.07. The summed E-state index contributed by atoms with van der Waals surface area (Å²) in [7, 11) is 0. The standard InChI is InChI=1S/C13H15ClF3N/c14-10-5-6-12(11(7-10)13(15,16)17)18-8-9-3-1-2-4-9/h5-7,9,18H,1-4,8H2. The molecule has 0 aromatic heterocycles. The van der Waals surface area contributed by atoms with Crippen molar-refractivity contribution in [3.63, 3.8) is 0 Å². The van der Waals surface area contributed by atoms with Gasteiger partial charge in [-0.15, -0.1) is 0 Å². The Hall–Kier alpha value is -0.900. The zero-order valence-corrected chi connectivity index (χ0v) is 10.6. The third-order valence-electron chi connectivity index (χ3n) is 3.34. The van der Waals surface area contributed by atoms with Crippen molar-refractivity contribution in [1.82, 2.24) is 0 Å². The Morgan fingerprint density at radius 2 is 1.89 bits per heavy atom. The first-order chi connectivity index (χ1) is 8.47. The highest BCUT2D eigenvalue weighted by atomic mass is 35.5. The zero-order valence-electron chi connectivity index (χ0n) is 9.86. The summed E-state index contributed by atoms with van der Waals surface area (Å²) in [4.78, 5) is 0. The number of hydrogen-bond donors (Lipinski definition) is 1. The molecule has 0 atom stereocenters. The van der Waals surface area contributed by atoms with E-state index in [0.717, 1.165) is 18.9 Å². The highest BCUT2D eigenvalue weighted by Crippen LogP contribution is 2.37. The van der Waals surface area contributed by atoms with Gasteiger partial charge in [0.1, 0.15) is 0 Å². The third kappa shape index (κ3) is 3.31. The van der Waals surface area contributed by atoms with Crippen LogP contribution in [0.5, 0.6) is 0 Å². The van der Waals surface area contributed by atoms with Gasteiger partial charge >= 0.3 is 6.18 Å². The third-order valence-corrected chi connectivity index (χ3v) is 3.58. The van der Waals surface area contributed by atoms with Gasteiger partial charge in [0.25, 0.3) is 0 Å². The maximum atomic E-state index is 12.8. The minimum Gasteiger partial charge on any atom is -0.384 e. The molecular formula is C13H15ClF3N. The van der Waals surface area contributed by atoms with Gasteiger partial charge < -0.3 is 5.32 Å². The normalized spacial score (nSPS) is 17.1. The molecule has 0 bridgehead atoms. The van der Waals surface area contributed by atoms with Crippen LogP contribution in [0.3, 0.4) is 0 Å². The largest absolute Gasteiger partial charge is 0.418 e. The van der Waals surface area contributed by atoms with Crippen LogP contribution in [-0.2, 0) is 6.18 Å². The summed E-state index contributed by atoms with van der Waals surface area (Å²) in [6.07, 6.45) is 0.185. The molecule has 0 aliphatic heterocycles. The highest BCUT2D eigenvalue weighted by Gasteiger charge is 2.33. The highest BCUT2D eigenvalue weighted by molar-refractivity contribution is 6.30. The van der Waals surface area contributed by atoms with Crippen LogP contribution < -0.4 is 5.32 Å². The number of halogens is 4. The molecule has 1 nitrogen and oxygen atoms in total. The van der Waals surface area contributed by atoms with Gasteiger partial charge in [0, 0.05) is 17.3 Å². The van der Waals surface area contributed by atoms with Crippen molar-refractivity contribution in [2.24, 2.45) is 5.92 Å². The smallest absolute Gasteiger partial charge is 0.384 e. The Bertz CT molecular complexity index is 411. The van der Waals surface area contributed by atoms with Crippen LogP contribution in [0.2, 0.25) is 5.02 Å². The Morgan fingerprint density at radius 3 is 2.50 bits per heavy atom. The average Bonchev–Trinajstić information content (AvgIpc) is 2.79. The minimum atomic E-state index is -4.37. The Morgan fingerprint density at radius 1 is 1.22 bits per heavy atom. The average molecular weight is 278 g/mol. The first-order valence-corrected chi connectivity index (χ1v) is 6.45. The summed E-state index contributed by atoms with van der Waals surface area (Å²) in [6, 6.07) is 3.85. The van der Waals surface area contributed by atoms with E-state index in [1.165, 1.54) is 25.0 Å². The minimum absolute atomic E-state index is 0.105. The van der Waals surface area contributed by atoms with Gasteiger partial charge in [0.15, 0.2) is 0 Å². The van der Waals surface area contributed by atoms with E-state index in [-0.39, 0.29) is 10.7 Å². The van der Waals surface area contributed by atoms with Gasteiger partial charge in [0.05, 0.1) is 5.56 Å². The van der Waals surface area contributed by atoms with Crippen LogP contribution in [0.1, 0.15) is 31.2 Å². The Balaban J connectivity index is 2.11. The summed E-state index contributed by atoms with van der Waals surface area (Å²) in [6.45, 7) is 0.602. The summed E-state index contributed by atoms with van der Waals surface area (Å²) < 4.78 is 38.5. The molecule has 0 amide bonds. The van der Waals surface area contributed by atoms with E-state index in [4.69, 9.17) is 11.6 Å². The number of anilines is 1. The van der Waals surface area contributed by atoms with Crippen LogP contribution in [0.25, 0.3) is 0 Å². The lowest BCUT2D eigenvalue weighted by Crippen LogP contribution is -2.15. The molecule has 1 aromatic carbocycles. The lowest BCUT2D eigenvalue weighted by atomic mass is 10.1. The lowest BCUT2D eigenvalue weighted by molar-refractivity contribution is -0.136. The van der Waals surface area contributed by atoms with E-state index >= 15 is 0 Å². The molecule has 1 N–H and O–H groups in total. The van der Waals surface area contributed by atoms with E-state index < -0.39 is 11.7 Å². The molecule has 0 unspecified atom stereocenters. The van der Waals surface area contributed by atoms with Crippen molar-refractivity contribution in [1.29, 1.82) is 0 Å². The van der Waals surface area contributed by atoms with Crippen molar-refractivity contribution in [2.75, 3.05) is 11.9 Å². The van der Waals surface area contributed by atoms with Crippen molar-refractivity contribution in [3.05, 3.63) is 28.8 Å². The SMILES string of the molecule is FC(F)(F)c1cc(Cl)ccc1NCC1CCCC1. The molecule has 2 rings (SSSR count). The van der Waals surface area contributed by atoms with E-state index in [1.54, 1.807) is 0 Å². The second-order valence-electron chi connectivity index (χ2n) is 4.72. The molecule has 1 saturated carbocycles. The molecule has 0 radical (unpaired) electrons. The fourth-order valence-electron chi connectivity index (χ4n) is 2.37. The van der Waals surface area contributed by atoms with Crippen LogP contribution in [0.15, 0.2) is 18.2 Å². The van der Waals surface area contributed by atoms with Crippen LogP contribution >= 0.6 is 11.6 Å². The van der Waals surface area contributed by atoms with Crippen molar-refractivity contribution < 1.29 is 13.2 Å². The Labute approximate surface area is 109 Å². The van der Waals surface area contributed by atoms with E-state index in [9.17, 15) is 13.2 Å². The van der Waals surface area contributed by atoms with Crippen LogP contribution in [0.4, 0.5) is 18.9 Å². The molecule has 1 aromatic rings. The predicted molar refractivity (Wildman–Crippen MR) is 66.9 cm³/mol. The summed E-state index contributed by atoms with van der Waals surface area (Å²) in [5, 5.41) is 3.02. The van der Waals surface area contributed by atoms with E-state index in [0.29, 0.717) is 12.5 Å². The quantitative estimate of drug-likeness (QED) is 0.823. The van der Waals surface area contributed by atoms with Gasteiger partial charge in [-0.2, -0.15) is 13.2 Å². The van der Waals surface area contributed by atoms with Crippen molar-refractivity contribution in [2.45, 2.75) is 31.9 Å². The van der Waals surface area contributed by atoms with Crippen LogP contribution in [0, 0.1) is 5.92 Å². The molecular weight excluding hydrogens is 263 g/mol. The number of hydrogen-bond acceptors (Lipinski definition) is 1. The molecule has 0 saturated heterocycles. The maximum absolute atomic E-state index is 12.8. The predicted octanol–water partition coefficient (Wildman–Crippen LogP) is 4.96. The Kier molecular flexibility index (Phi) is 4.05. The lowest BCUT2D eigenvalue weighted by Gasteiger charge is -2.17. The second-order valence-corrected chi connectivity index (χ2v) is 5.16. The molecule has 1 aliphatic rings. The maximum Gasteiger partial charge on any atom is 0.418 e. The fourth-order valence-corrected chi connectivity index (χ4v) is 2.55. The van der Waals surface area contributed by atoms with Gasteiger partial charge in [-0.1, -0.05) is 24.4 Å². The zero-order chi connectivity index (χ0) is 13.2. The fraction of sp³-hybridized carbons (Fsp3) is 0.538. The molecule has 0 heterocycles. The molecule has 18 heavy (non-hydrogen) atoms. The molecule has 1 aliphatic carbocycles. The molecule has 100 valence electrons. The van der Waals surface area contributed by atoms with Gasteiger partial charge in [0.2, 0.25) is 0 Å². The molecule has 5 heteroatoms. The van der Waals surface area contributed by atoms with E-state index in [2.05, 4.69) is 5.32 Å². The number of benzene rings is 1. The molecule has 0 spiro atoms. The van der Waals surface area contributed by atoms with E-state index in [1.807, 2.05) is 0 Å². The monoisotopic (exact) mass is 277 g/mol. The van der Waals surface area contributed by atoms with Gasteiger partial charge in [-0.25, -0.2) is 0 Å². The molecule has 1 fully saturated rings. The van der Waals surface area contributed by atoms with Crippen molar-refractivity contribution >= 4 is 17.3 Å². The summed E-state index contributed by atoms with van der Waals surface area (Å²) in [5.41, 5.74) is -0.563. The van der Waals surface area contributed by atoms with Crippen molar-refractivity contribution in [3.8, 4) is 0 Å². The van der Waals surface area contributed by atoms with Crippen LogP contribution in [-0.4, -0.2) is 6.54 Å². The topological polar surface area (TPSA) is 12.0 Å². The van der Waals surface area contributed by atoms with Gasteiger partial charge in [-0.3, -0.25) is 0 Å². The summed E-state index contributed by atoms with van der Waals surface area (Å²) >= 11 is 5.62.